The van der Waals surface area contributed by atoms with Crippen molar-refractivity contribution in [3.05, 3.63) is 122 Å². The summed E-state index contributed by atoms with van der Waals surface area (Å²) in [5.74, 6) is -0.789. The first-order chi connectivity index (χ1) is 17.1. The maximum Gasteiger partial charge on any atom is 0.331 e. The molecule has 0 aliphatic heterocycles. The fourth-order valence-corrected chi connectivity index (χ4v) is 5.18. The second-order valence-electron chi connectivity index (χ2n) is 8.35. The van der Waals surface area contributed by atoms with Crippen molar-refractivity contribution in [3.8, 4) is 11.1 Å². The lowest BCUT2D eigenvalue weighted by molar-refractivity contribution is 0.506. The molecule has 1 atom stereocenters. The Kier molecular flexibility index (Phi) is 7.26. The highest BCUT2D eigenvalue weighted by Crippen LogP contribution is 2.25. The number of hydrogen-bond acceptors (Lipinski definition) is 5. The van der Waals surface area contributed by atoms with Crippen LogP contribution in [0.2, 0.25) is 5.02 Å². The Morgan fingerprint density at radius 2 is 1.61 bits per heavy atom. The van der Waals surface area contributed by atoms with Crippen LogP contribution in [0.3, 0.4) is 0 Å². The van der Waals surface area contributed by atoms with E-state index in [1.807, 2.05) is 6.07 Å². The zero-order valence-corrected chi connectivity index (χ0v) is 20.8. The molecule has 1 heterocycles. The third-order valence-corrected chi connectivity index (χ3v) is 7.32. The van der Waals surface area contributed by atoms with Crippen molar-refractivity contribution in [3.63, 3.8) is 0 Å². The van der Waals surface area contributed by atoms with Crippen molar-refractivity contribution in [1.29, 1.82) is 0 Å². The molecule has 0 amide bonds. The average molecular weight is 528 g/mol. The Bertz CT molecular complexity index is 1650. The van der Waals surface area contributed by atoms with Gasteiger partial charge in [0.1, 0.15) is 5.82 Å². The first-order valence-corrected chi connectivity index (χ1v) is 13.2. The number of nitrogens with zero attached hydrogens (tertiary/aromatic N) is 2. The summed E-state index contributed by atoms with van der Waals surface area (Å²) in [6.07, 6.45) is 2.23. The van der Waals surface area contributed by atoms with Crippen LogP contribution in [0.1, 0.15) is 17.2 Å². The molecule has 10 heteroatoms. The van der Waals surface area contributed by atoms with Crippen LogP contribution in [0.4, 0.5) is 4.39 Å². The van der Waals surface area contributed by atoms with E-state index in [0.29, 0.717) is 11.1 Å². The lowest BCUT2D eigenvalue weighted by atomic mass is 10.1. The van der Waals surface area contributed by atoms with E-state index in [9.17, 15) is 22.4 Å². The number of hydrogen-bond donors (Lipinski definition) is 1. The van der Waals surface area contributed by atoms with Crippen LogP contribution in [0.15, 0.2) is 93.5 Å². The van der Waals surface area contributed by atoms with Gasteiger partial charge < -0.3 is 5.73 Å². The number of aromatic nitrogens is 2. The maximum absolute atomic E-state index is 14.8. The molecule has 0 aliphatic rings. The molecule has 7 nitrogen and oxygen atoms in total. The SMILES string of the molecule is CS(=O)(=O)c1cccc(F)c1Cn1cc(-c2ccccc2Cl)c(=O)n(C[C@H](N)c2ccccc2)c1=O. The van der Waals surface area contributed by atoms with Gasteiger partial charge in [-0.05, 0) is 23.8 Å². The minimum atomic E-state index is -3.80. The highest BCUT2D eigenvalue weighted by molar-refractivity contribution is 7.90. The first kappa shape index (κ1) is 25.6. The van der Waals surface area contributed by atoms with Gasteiger partial charge in [-0.15, -0.1) is 0 Å². The number of benzene rings is 3. The summed E-state index contributed by atoms with van der Waals surface area (Å²) in [6, 6.07) is 18.6. The van der Waals surface area contributed by atoms with E-state index < -0.39 is 39.5 Å². The second-order valence-corrected chi connectivity index (χ2v) is 10.7. The zero-order valence-electron chi connectivity index (χ0n) is 19.3. The Hall–Kier alpha value is -3.53. The molecule has 0 fully saturated rings. The quantitative estimate of drug-likeness (QED) is 0.395. The molecule has 186 valence electrons. The predicted molar refractivity (Wildman–Crippen MR) is 137 cm³/mol. The van der Waals surface area contributed by atoms with Crippen LogP contribution >= 0.6 is 11.6 Å². The summed E-state index contributed by atoms with van der Waals surface area (Å²) in [7, 11) is -3.80. The van der Waals surface area contributed by atoms with Crippen molar-refractivity contribution >= 4 is 21.4 Å². The number of sulfone groups is 1. The van der Waals surface area contributed by atoms with E-state index in [1.54, 1.807) is 48.5 Å². The average Bonchev–Trinajstić information content (AvgIpc) is 2.85. The van der Waals surface area contributed by atoms with Crippen LogP contribution in [0, 0.1) is 5.82 Å². The molecular formula is C26H23ClFN3O4S. The van der Waals surface area contributed by atoms with E-state index in [4.69, 9.17) is 17.3 Å². The number of halogens is 2. The molecule has 4 rings (SSSR count). The lowest BCUT2D eigenvalue weighted by Crippen LogP contribution is -2.42. The molecule has 0 saturated carbocycles. The maximum atomic E-state index is 14.8. The summed E-state index contributed by atoms with van der Waals surface area (Å²) in [5.41, 5.74) is 5.93. The molecule has 4 aromatic rings. The van der Waals surface area contributed by atoms with E-state index in [0.717, 1.165) is 21.5 Å². The Labute approximate surface area is 212 Å². The van der Waals surface area contributed by atoms with E-state index in [1.165, 1.54) is 18.3 Å². The van der Waals surface area contributed by atoms with Crippen molar-refractivity contribution in [2.45, 2.75) is 24.0 Å². The van der Waals surface area contributed by atoms with Crippen molar-refractivity contribution in [2.75, 3.05) is 6.26 Å². The van der Waals surface area contributed by atoms with Crippen molar-refractivity contribution < 1.29 is 12.8 Å². The molecule has 1 aromatic heterocycles. The van der Waals surface area contributed by atoms with Gasteiger partial charge in [-0.1, -0.05) is 66.2 Å². The minimum Gasteiger partial charge on any atom is -0.322 e. The van der Waals surface area contributed by atoms with E-state index in [2.05, 4.69) is 0 Å². The summed E-state index contributed by atoms with van der Waals surface area (Å²) < 4.78 is 41.5. The summed E-state index contributed by atoms with van der Waals surface area (Å²) in [5, 5.41) is 0.279. The first-order valence-electron chi connectivity index (χ1n) is 10.9. The summed E-state index contributed by atoms with van der Waals surface area (Å²) >= 11 is 6.35. The fourth-order valence-electron chi connectivity index (χ4n) is 4.00. The molecule has 3 aromatic carbocycles. The number of rotatable bonds is 7. The highest BCUT2D eigenvalue weighted by atomic mass is 35.5. The fraction of sp³-hybridized carbons (Fsp3) is 0.154. The van der Waals surface area contributed by atoms with Gasteiger partial charge in [0.05, 0.1) is 23.5 Å². The van der Waals surface area contributed by atoms with E-state index in [-0.39, 0.29) is 27.6 Å². The Morgan fingerprint density at radius 1 is 0.944 bits per heavy atom. The summed E-state index contributed by atoms with van der Waals surface area (Å²) in [6.45, 7) is -0.581. The van der Waals surface area contributed by atoms with Gasteiger partial charge in [-0.2, -0.15) is 0 Å². The monoisotopic (exact) mass is 527 g/mol. The molecule has 36 heavy (non-hydrogen) atoms. The predicted octanol–water partition coefficient (Wildman–Crippen LogP) is 3.62. The Morgan fingerprint density at radius 3 is 2.28 bits per heavy atom. The smallest absolute Gasteiger partial charge is 0.322 e. The van der Waals surface area contributed by atoms with Crippen LogP contribution in [0.25, 0.3) is 11.1 Å². The molecular weight excluding hydrogens is 505 g/mol. The van der Waals surface area contributed by atoms with Gasteiger partial charge >= 0.3 is 5.69 Å². The van der Waals surface area contributed by atoms with Gasteiger partial charge in [0, 0.05) is 34.6 Å². The molecule has 0 spiro atoms. The van der Waals surface area contributed by atoms with Crippen LogP contribution in [-0.4, -0.2) is 23.8 Å². The Balaban J connectivity index is 1.93. The molecule has 0 bridgehead atoms. The van der Waals surface area contributed by atoms with Crippen LogP contribution in [0.5, 0.6) is 0 Å². The molecule has 0 aliphatic carbocycles. The number of nitrogens with two attached hydrogens (primary N) is 1. The summed E-state index contributed by atoms with van der Waals surface area (Å²) in [4.78, 5) is 26.7. The molecule has 2 N–H and O–H groups in total. The third kappa shape index (κ3) is 5.18. The minimum absolute atomic E-state index is 0.0951. The van der Waals surface area contributed by atoms with Crippen molar-refractivity contribution in [1.82, 2.24) is 9.13 Å². The van der Waals surface area contributed by atoms with Crippen molar-refractivity contribution in [2.24, 2.45) is 5.73 Å². The van der Waals surface area contributed by atoms with E-state index >= 15 is 0 Å². The highest BCUT2D eigenvalue weighted by Gasteiger charge is 2.21. The van der Waals surface area contributed by atoms with Gasteiger partial charge in [0.25, 0.3) is 5.56 Å². The lowest BCUT2D eigenvalue weighted by Gasteiger charge is -2.18. The van der Waals surface area contributed by atoms with Crippen LogP contribution < -0.4 is 17.0 Å². The van der Waals surface area contributed by atoms with Gasteiger partial charge in [0.15, 0.2) is 9.84 Å². The second kappa shape index (κ2) is 10.2. The topological polar surface area (TPSA) is 104 Å². The molecule has 0 radical (unpaired) electrons. The molecule has 0 saturated heterocycles. The molecule has 0 unspecified atom stereocenters. The largest absolute Gasteiger partial charge is 0.331 e. The normalized spacial score (nSPS) is 12.4. The zero-order chi connectivity index (χ0) is 26.0. The third-order valence-electron chi connectivity index (χ3n) is 5.81. The van der Waals surface area contributed by atoms with Gasteiger partial charge in [-0.25, -0.2) is 17.6 Å². The van der Waals surface area contributed by atoms with Crippen LogP contribution in [-0.2, 0) is 22.9 Å². The van der Waals surface area contributed by atoms with Gasteiger partial charge in [-0.3, -0.25) is 13.9 Å². The van der Waals surface area contributed by atoms with Gasteiger partial charge in [0.2, 0.25) is 0 Å². The standard InChI is InChI=1S/C26H23ClFN3O4S/c1-36(34,35)24-13-7-12-22(28)20(24)15-30-14-19(18-10-5-6-11-21(18)27)25(32)31(26(30)33)16-23(29)17-8-3-2-4-9-17/h2-14,23H,15-16,29H2,1H3/t23-/m0/s1.